The summed E-state index contributed by atoms with van der Waals surface area (Å²) in [7, 11) is 0. The molecule has 0 atom stereocenters. The van der Waals surface area contributed by atoms with Crippen molar-refractivity contribution in [2.24, 2.45) is 0 Å². The average Bonchev–Trinajstić information content (AvgIpc) is 2.84. The Kier molecular flexibility index (Phi) is 6.39. The molecule has 0 radical (unpaired) electrons. The normalized spacial score (nSPS) is 11.6. The Balaban J connectivity index is 2.71. The van der Waals surface area contributed by atoms with Crippen molar-refractivity contribution >= 4 is 34.5 Å². The number of thiophene rings is 1. The van der Waals surface area contributed by atoms with Crippen molar-refractivity contribution in [1.82, 2.24) is 0 Å². The topological polar surface area (TPSA) is 66.4 Å². The fourth-order valence-corrected chi connectivity index (χ4v) is 4.35. The van der Waals surface area contributed by atoms with Gasteiger partial charge < -0.3 is 10.4 Å². The predicted octanol–water partition coefficient (Wildman–Crippen LogP) is 5.51. The van der Waals surface area contributed by atoms with Crippen LogP contribution in [0.4, 0.5) is 5.69 Å². The van der Waals surface area contributed by atoms with E-state index in [-0.39, 0.29) is 11.1 Å². The third-order valence-corrected chi connectivity index (χ3v) is 5.66. The first kappa shape index (κ1) is 20.6. The zero-order valence-corrected chi connectivity index (χ0v) is 17.4. The molecular formula is C22H25NO3S. The number of anilines is 1. The quantitative estimate of drug-likeness (QED) is 0.529. The molecule has 142 valence electrons. The molecule has 0 unspecified atom stereocenters. The number of amides is 1. The highest BCUT2D eigenvalue weighted by molar-refractivity contribution is 7.12. The van der Waals surface area contributed by atoms with E-state index in [4.69, 9.17) is 0 Å². The van der Waals surface area contributed by atoms with Crippen LogP contribution in [0.15, 0.2) is 47.1 Å². The van der Waals surface area contributed by atoms with Crippen LogP contribution in [-0.2, 0) is 9.59 Å². The molecule has 0 aliphatic rings. The number of aryl methyl sites for hydroxylation is 2. The third-order valence-electron chi connectivity index (χ3n) is 4.53. The number of carbonyl (C=O) groups excluding carboxylic acids is 1. The number of carboxylic acid groups (broad SMARTS) is 1. The number of carbonyl (C=O) groups is 2. The van der Waals surface area contributed by atoms with Gasteiger partial charge in [0.25, 0.3) is 5.91 Å². The van der Waals surface area contributed by atoms with Crippen LogP contribution in [0.3, 0.4) is 0 Å². The minimum Gasteiger partial charge on any atom is -0.478 e. The highest BCUT2D eigenvalue weighted by atomic mass is 32.1. The summed E-state index contributed by atoms with van der Waals surface area (Å²) in [5, 5.41) is 12.6. The molecule has 0 saturated carbocycles. The first-order chi connectivity index (χ1) is 12.6. The summed E-state index contributed by atoms with van der Waals surface area (Å²) < 4.78 is 0. The van der Waals surface area contributed by atoms with Crippen LogP contribution in [0.25, 0.3) is 5.57 Å². The molecule has 0 bridgehead atoms. The Hall–Kier alpha value is -2.66. The molecular weight excluding hydrogens is 358 g/mol. The van der Waals surface area contributed by atoms with Crippen LogP contribution in [-0.4, -0.2) is 17.0 Å². The SMILES string of the molecule is CC(C)=C(C(=O)O)C(C(=O)Nc1ccccc1)=C(C)c1c(C)sc(C)c1C. The highest BCUT2D eigenvalue weighted by Crippen LogP contribution is 2.36. The molecule has 27 heavy (non-hydrogen) atoms. The second-order valence-corrected chi connectivity index (χ2v) is 8.14. The number of benzene rings is 1. The van der Waals surface area contributed by atoms with E-state index in [0.29, 0.717) is 16.8 Å². The standard InChI is InChI=1S/C22H25NO3S/c1-12(2)18(22(25)26)20(21(24)23-17-10-8-7-9-11-17)14(4)19-13(3)15(5)27-16(19)6/h7-11H,1-6H3,(H,23,24)(H,25,26). The summed E-state index contributed by atoms with van der Waals surface area (Å²) in [6, 6.07) is 9.05. The molecule has 1 aromatic heterocycles. The average molecular weight is 384 g/mol. The maximum Gasteiger partial charge on any atom is 0.336 e. The molecule has 0 spiro atoms. The van der Waals surface area contributed by atoms with Crippen molar-refractivity contribution in [1.29, 1.82) is 0 Å². The Morgan fingerprint density at radius 3 is 1.96 bits per heavy atom. The largest absolute Gasteiger partial charge is 0.478 e. The summed E-state index contributed by atoms with van der Waals surface area (Å²) >= 11 is 1.66. The Morgan fingerprint density at radius 1 is 0.926 bits per heavy atom. The predicted molar refractivity (Wildman–Crippen MR) is 112 cm³/mol. The molecule has 0 saturated heterocycles. The fourth-order valence-electron chi connectivity index (χ4n) is 3.22. The molecule has 5 heteroatoms. The van der Waals surface area contributed by atoms with Crippen LogP contribution < -0.4 is 5.32 Å². The van der Waals surface area contributed by atoms with Gasteiger partial charge in [0.2, 0.25) is 0 Å². The van der Waals surface area contributed by atoms with Gasteiger partial charge in [-0.05, 0) is 70.4 Å². The summed E-state index contributed by atoms with van der Waals surface area (Å²) in [4.78, 5) is 27.4. The molecule has 1 aromatic carbocycles. The van der Waals surface area contributed by atoms with Gasteiger partial charge in [-0.3, -0.25) is 4.79 Å². The van der Waals surface area contributed by atoms with Crippen molar-refractivity contribution in [3.8, 4) is 0 Å². The molecule has 2 aromatic rings. The van der Waals surface area contributed by atoms with E-state index in [9.17, 15) is 14.7 Å². The van der Waals surface area contributed by atoms with Gasteiger partial charge in [-0.15, -0.1) is 11.3 Å². The van der Waals surface area contributed by atoms with Crippen molar-refractivity contribution in [2.45, 2.75) is 41.5 Å². The number of allylic oxidation sites excluding steroid dienone is 2. The second-order valence-electron chi connectivity index (χ2n) is 6.71. The number of para-hydroxylation sites is 1. The van der Waals surface area contributed by atoms with Gasteiger partial charge in [0.05, 0.1) is 11.1 Å². The lowest BCUT2D eigenvalue weighted by Gasteiger charge is -2.16. The maximum absolute atomic E-state index is 13.1. The number of rotatable bonds is 5. The smallest absolute Gasteiger partial charge is 0.336 e. The first-order valence-corrected chi connectivity index (χ1v) is 9.52. The number of carboxylic acids is 1. The van der Waals surface area contributed by atoms with Crippen molar-refractivity contribution in [3.05, 3.63) is 67.9 Å². The van der Waals surface area contributed by atoms with Gasteiger partial charge in [-0.1, -0.05) is 23.8 Å². The molecule has 0 fully saturated rings. The minimum atomic E-state index is -1.10. The lowest BCUT2D eigenvalue weighted by atomic mass is 9.90. The van der Waals surface area contributed by atoms with Gasteiger partial charge in [0, 0.05) is 15.4 Å². The van der Waals surface area contributed by atoms with Crippen molar-refractivity contribution in [3.63, 3.8) is 0 Å². The zero-order valence-electron chi connectivity index (χ0n) is 16.6. The monoisotopic (exact) mass is 383 g/mol. The summed E-state index contributed by atoms with van der Waals surface area (Å²) in [6.07, 6.45) is 0. The van der Waals surface area contributed by atoms with E-state index in [1.54, 1.807) is 37.3 Å². The molecule has 1 amide bonds. The van der Waals surface area contributed by atoms with Crippen molar-refractivity contribution < 1.29 is 14.7 Å². The Morgan fingerprint density at radius 2 is 1.52 bits per heavy atom. The van der Waals surface area contributed by atoms with Crippen LogP contribution >= 0.6 is 11.3 Å². The second kappa shape index (κ2) is 8.35. The number of hydrogen-bond acceptors (Lipinski definition) is 3. The van der Waals surface area contributed by atoms with E-state index < -0.39 is 11.9 Å². The fraction of sp³-hybridized carbons (Fsp3) is 0.273. The van der Waals surface area contributed by atoms with E-state index in [1.807, 2.05) is 45.9 Å². The molecule has 4 nitrogen and oxygen atoms in total. The lowest BCUT2D eigenvalue weighted by molar-refractivity contribution is -0.132. The molecule has 0 aliphatic carbocycles. The van der Waals surface area contributed by atoms with E-state index >= 15 is 0 Å². The first-order valence-electron chi connectivity index (χ1n) is 8.70. The molecule has 2 rings (SSSR count). The summed E-state index contributed by atoms with van der Waals surface area (Å²) in [5.74, 6) is -1.52. The Labute approximate surface area is 164 Å². The molecule has 1 heterocycles. The molecule has 0 aliphatic heterocycles. The highest BCUT2D eigenvalue weighted by Gasteiger charge is 2.26. The van der Waals surface area contributed by atoms with Crippen molar-refractivity contribution in [2.75, 3.05) is 5.32 Å². The zero-order chi connectivity index (χ0) is 20.3. The van der Waals surface area contributed by atoms with Gasteiger partial charge in [0.15, 0.2) is 0 Å². The van der Waals surface area contributed by atoms with Gasteiger partial charge in [0.1, 0.15) is 0 Å². The van der Waals surface area contributed by atoms with E-state index in [0.717, 1.165) is 16.0 Å². The number of aliphatic carboxylic acids is 1. The van der Waals surface area contributed by atoms with Crippen LogP contribution in [0, 0.1) is 20.8 Å². The number of nitrogens with one attached hydrogen (secondary N) is 1. The van der Waals surface area contributed by atoms with Gasteiger partial charge in [-0.25, -0.2) is 4.79 Å². The van der Waals surface area contributed by atoms with Gasteiger partial charge in [-0.2, -0.15) is 0 Å². The van der Waals surface area contributed by atoms with Crippen LogP contribution in [0.1, 0.15) is 41.7 Å². The summed E-state index contributed by atoms with van der Waals surface area (Å²) in [6.45, 7) is 11.3. The maximum atomic E-state index is 13.1. The third kappa shape index (κ3) is 4.37. The Bertz CT molecular complexity index is 945. The lowest BCUT2D eigenvalue weighted by Crippen LogP contribution is -2.21. The van der Waals surface area contributed by atoms with Crippen LogP contribution in [0.2, 0.25) is 0 Å². The minimum absolute atomic E-state index is 0.0450. The number of hydrogen-bond donors (Lipinski definition) is 2. The van der Waals surface area contributed by atoms with Crippen LogP contribution in [0.5, 0.6) is 0 Å². The summed E-state index contributed by atoms with van der Waals surface area (Å²) in [5.41, 5.74) is 4.18. The van der Waals surface area contributed by atoms with E-state index in [2.05, 4.69) is 5.32 Å². The van der Waals surface area contributed by atoms with Gasteiger partial charge >= 0.3 is 5.97 Å². The van der Waals surface area contributed by atoms with E-state index in [1.165, 1.54) is 4.88 Å². The molecule has 2 N–H and O–H groups in total.